The van der Waals surface area contributed by atoms with Crippen LogP contribution in [0, 0.1) is 5.92 Å². The number of aryl methyl sites for hydroxylation is 1. The van der Waals surface area contributed by atoms with Crippen molar-refractivity contribution in [3.8, 4) is 11.5 Å². The van der Waals surface area contributed by atoms with E-state index in [0.29, 0.717) is 67.3 Å². The number of aromatic nitrogens is 3. The van der Waals surface area contributed by atoms with Gasteiger partial charge in [-0.2, -0.15) is 0 Å². The maximum absolute atomic E-state index is 15.4. The van der Waals surface area contributed by atoms with Crippen LogP contribution in [-0.2, 0) is 39.4 Å². The van der Waals surface area contributed by atoms with Crippen molar-refractivity contribution in [2.24, 2.45) is 5.92 Å². The van der Waals surface area contributed by atoms with E-state index < -0.39 is 32.0 Å². The van der Waals surface area contributed by atoms with Crippen molar-refractivity contribution in [1.29, 1.82) is 0 Å². The number of rotatable bonds is 18. The Kier molecular flexibility index (Phi) is 13.4. The van der Waals surface area contributed by atoms with Gasteiger partial charge >= 0.3 is 0 Å². The molecule has 1 fully saturated rings. The molecule has 14 nitrogen and oxygen atoms in total. The summed E-state index contributed by atoms with van der Waals surface area (Å²) in [5.74, 6) is 0.312. The van der Waals surface area contributed by atoms with Crippen LogP contribution in [-0.4, -0.2) is 95.8 Å². The lowest BCUT2D eigenvalue weighted by Gasteiger charge is -2.35. The molecule has 3 aliphatic heterocycles. The largest absolute Gasteiger partial charge is 0.497 e. The van der Waals surface area contributed by atoms with Gasteiger partial charge in [0.1, 0.15) is 11.5 Å². The van der Waals surface area contributed by atoms with Crippen LogP contribution in [0.1, 0.15) is 67.0 Å². The smallest absolute Gasteiger partial charge is 0.264 e. The van der Waals surface area contributed by atoms with E-state index in [1.165, 1.54) is 0 Å². The summed E-state index contributed by atoms with van der Waals surface area (Å²) in [6.07, 6.45) is 3.72. The van der Waals surface area contributed by atoms with E-state index in [2.05, 4.69) is 15.6 Å². The monoisotopic (exact) mass is 888 g/mol. The Hall–Kier alpha value is -5.42. The predicted octanol–water partition coefficient (Wildman–Crippen LogP) is 6.20. The summed E-state index contributed by atoms with van der Waals surface area (Å²) >= 11 is 0. The number of amides is 2. The highest BCUT2D eigenvalue weighted by Gasteiger charge is 2.66. The SMILES string of the molecule is CCOc1ccc2c(c1)CC(NCCCCO)C(=O)N2c1cccc(CN2C(=O)[C@]3(O[C@H](CCn4cc(C(CO)c5ccccc5)nn4)[C@@H]([Si](C)(C)O)[C@@H]3C)c3cc(OC)ccc32)c1. The number of unbranched alkanes of at least 4 members (excludes halogenated alkanes) is 1. The highest BCUT2D eigenvalue weighted by molar-refractivity contribution is 6.71. The summed E-state index contributed by atoms with van der Waals surface area (Å²) in [5.41, 5.74) is 4.53. The lowest BCUT2D eigenvalue weighted by Crippen LogP contribution is -2.49. The van der Waals surface area contributed by atoms with Crippen molar-refractivity contribution >= 4 is 37.2 Å². The van der Waals surface area contributed by atoms with E-state index in [4.69, 9.17) is 14.2 Å². The van der Waals surface area contributed by atoms with E-state index in [1.807, 2.05) is 124 Å². The molecule has 15 heteroatoms. The van der Waals surface area contributed by atoms with Crippen LogP contribution < -0.4 is 24.6 Å². The lowest BCUT2D eigenvalue weighted by molar-refractivity contribution is -0.146. The highest BCUT2D eigenvalue weighted by atomic mass is 28.4. The van der Waals surface area contributed by atoms with E-state index in [0.717, 1.165) is 34.5 Å². The summed E-state index contributed by atoms with van der Waals surface area (Å²) < 4.78 is 20.4. The molecule has 4 aromatic carbocycles. The molecule has 0 radical (unpaired) electrons. The minimum absolute atomic E-state index is 0.0842. The zero-order chi connectivity index (χ0) is 45.2. The molecule has 4 N–H and O–H groups in total. The first kappa shape index (κ1) is 45.2. The summed E-state index contributed by atoms with van der Waals surface area (Å²) in [5, 5.41) is 31.9. The van der Waals surface area contributed by atoms with Crippen molar-refractivity contribution < 1.29 is 38.8 Å². The van der Waals surface area contributed by atoms with Crippen LogP contribution in [0.2, 0.25) is 18.6 Å². The fourth-order valence-electron chi connectivity index (χ4n) is 10.2. The molecule has 3 aliphatic rings. The second-order valence-corrected chi connectivity index (χ2v) is 21.7. The number of fused-ring (bicyclic) bond motifs is 3. The number of benzene rings is 4. The number of nitrogens with one attached hydrogen (secondary N) is 1. The molecule has 4 heterocycles. The number of anilines is 3. The third-order valence-corrected chi connectivity index (χ3v) is 15.7. The van der Waals surface area contributed by atoms with Crippen LogP contribution in [0.3, 0.4) is 0 Å². The maximum atomic E-state index is 15.4. The molecule has 1 aromatic heterocycles. The topological polar surface area (TPSA) is 172 Å². The first-order valence-corrected chi connectivity index (χ1v) is 25.4. The molecule has 64 heavy (non-hydrogen) atoms. The van der Waals surface area contributed by atoms with Crippen LogP contribution in [0.25, 0.3) is 0 Å². The Morgan fingerprint density at radius 1 is 0.969 bits per heavy atom. The molecule has 8 rings (SSSR count). The van der Waals surface area contributed by atoms with Gasteiger partial charge in [0, 0.05) is 42.1 Å². The van der Waals surface area contributed by atoms with Gasteiger partial charge in [0.2, 0.25) is 5.91 Å². The van der Waals surface area contributed by atoms with E-state index in [9.17, 15) is 19.8 Å². The zero-order valence-corrected chi connectivity index (χ0v) is 38.3. The molecule has 2 unspecified atom stereocenters. The van der Waals surface area contributed by atoms with Crippen molar-refractivity contribution in [3.05, 3.63) is 125 Å². The Morgan fingerprint density at radius 2 is 1.75 bits per heavy atom. The molecule has 0 aliphatic carbocycles. The molecule has 0 bridgehead atoms. The molecule has 6 atom stereocenters. The molecular formula is C49H60N6O8Si. The maximum Gasteiger partial charge on any atom is 0.264 e. The lowest BCUT2D eigenvalue weighted by atomic mass is 9.82. The number of carbonyl (C=O) groups is 2. The number of methoxy groups -OCH3 is 1. The van der Waals surface area contributed by atoms with E-state index >= 15 is 4.79 Å². The van der Waals surface area contributed by atoms with Gasteiger partial charge in [0.05, 0.1) is 62.0 Å². The van der Waals surface area contributed by atoms with Gasteiger partial charge in [0.25, 0.3) is 5.91 Å². The number of aliphatic hydroxyl groups excluding tert-OH is 2. The Bertz CT molecular complexity index is 2440. The fraction of sp³-hybridized carbons (Fsp3) is 0.429. The average Bonchev–Trinajstić information content (AvgIpc) is 3.95. The molecule has 2 amide bonds. The number of ether oxygens (including phenoxy) is 3. The Balaban J connectivity index is 1.09. The summed E-state index contributed by atoms with van der Waals surface area (Å²) in [4.78, 5) is 45.2. The molecular weight excluding hydrogens is 829 g/mol. The van der Waals surface area contributed by atoms with Gasteiger partial charge in [0.15, 0.2) is 13.9 Å². The van der Waals surface area contributed by atoms with Crippen molar-refractivity contribution in [2.45, 2.75) is 94.9 Å². The Morgan fingerprint density at radius 3 is 2.48 bits per heavy atom. The third kappa shape index (κ3) is 8.60. The quantitative estimate of drug-likeness (QED) is 0.0584. The molecule has 1 spiro atoms. The Labute approximate surface area is 375 Å². The van der Waals surface area contributed by atoms with Crippen LogP contribution in [0.5, 0.6) is 11.5 Å². The highest BCUT2D eigenvalue weighted by Crippen LogP contribution is 2.60. The fourth-order valence-corrected chi connectivity index (χ4v) is 12.8. The van der Waals surface area contributed by atoms with Gasteiger partial charge in [-0.25, -0.2) is 0 Å². The number of hydrogen-bond acceptors (Lipinski definition) is 11. The van der Waals surface area contributed by atoms with Crippen molar-refractivity contribution in [1.82, 2.24) is 20.3 Å². The molecule has 338 valence electrons. The van der Waals surface area contributed by atoms with E-state index in [1.54, 1.807) is 21.6 Å². The van der Waals surface area contributed by atoms with Gasteiger partial charge in [-0.3, -0.25) is 19.2 Å². The number of aliphatic hydroxyl groups is 2. The number of hydrogen-bond donors (Lipinski definition) is 4. The third-order valence-electron chi connectivity index (χ3n) is 13.2. The minimum Gasteiger partial charge on any atom is -0.497 e. The van der Waals surface area contributed by atoms with Crippen LogP contribution in [0.4, 0.5) is 17.1 Å². The van der Waals surface area contributed by atoms with Crippen LogP contribution >= 0.6 is 0 Å². The molecule has 1 saturated heterocycles. The number of carbonyl (C=O) groups excluding carboxylic acids is 2. The van der Waals surface area contributed by atoms with Crippen LogP contribution in [0.15, 0.2) is 97.2 Å². The second-order valence-electron chi connectivity index (χ2n) is 17.7. The summed E-state index contributed by atoms with van der Waals surface area (Å²) in [6, 6.07) is 28.4. The summed E-state index contributed by atoms with van der Waals surface area (Å²) in [6.45, 7) is 9.50. The standard InChI is InChI=1S/C49H60N6O8Si/c1-6-62-38-18-19-43-35(26-38)27-41(50-22-10-11-24-56)47(58)55(43)36-16-12-13-33(25-36)29-54-44-20-17-37(61-3)28-40(44)49(48(54)59)32(2)46(64(4,5)60)45(63-49)21-23-53-30-42(51-52-53)39(31-57)34-14-8-7-9-15-34/h7-9,12-20,25-26,28,30,32,39,41,45-46,50,56-57,60H,6,10-11,21-24,27,29,31H2,1-5H3/t32-,39?,41?,45+,46-,49+/m0/s1. The predicted molar refractivity (Wildman–Crippen MR) is 246 cm³/mol. The minimum atomic E-state index is -2.97. The summed E-state index contributed by atoms with van der Waals surface area (Å²) in [7, 11) is -1.37. The van der Waals surface area contributed by atoms with Gasteiger partial charge < -0.3 is 39.4 Å². The first-order valence-electron chi connectivity index (χ1n) is 22.4. The molecule has 5 aromatic rings. The normalized spacial score (nSPS) is 22.2. The van der Waals surface area contributed by atoms with E-state index in [-0.39, 0.29) is 43.0 Å². The van der Waals surface area contributed by atoms with Crippen molar-refractivity contribution in [2.75, 3.05) is 43.3 Å². The van der Waals surface area contributed by atoms with Crippen molar-refractivity contribution in [3.63, 3.8) is 0 Å². The van der Waals surface area contributed by atoms with Gasteiger partial charge in [-0.15, -0.1) is 5.10 Å². The first-order chi connectivity index (χ1) is 30.9. The second kappa shape index (κ2) is 19.0. The van der Waals surface area contributed by atoms with Gasteiger partial charge in [-0.05, 0) is 117 Å². The molecule has 0 saturated carbocycles. The number of nitrogens with zero attached hydrogens (tertiary/aromatic N) is 5. The zero-order valence-electron chi connectivity index (χ0n) is 37.3. The van der Waals surface area contributed by atoms with Gasteiger partial charge in [-0.1, -0.05) is 54.6 Å². The average molecular weight is 889 g/mol.